The van der Waals surface area contributed by atoms with E-state index in [1.165, 1.54) is 5.56 Å². The Morgan fingerprint density at radius 1 is 1.44 bits per heavy atom. The first-order valence-electron chi connectivity index (χ1n) is 6.58. The van der Waals surface area contributed by atoms with Gasteiger partial charge in [0, 0.05) is 17.8 Å². The van der Waals surface area contributed by atoms with Crippen molar-refractivity contribution in [3.05, 3.63) is 28.3 Å². The van der Waals surface area contributed by atoms with Gasteiger partial charge in [0.1, 0.15) is 5.75 Å². The van der Waals surface area contributed by atoms with Crippen molar-refractivity contribution in [3.63, 3.8) is 0 Å². The van der Waals surface area contributed by atoms with Crippen LogP contribution in [0.4, 0.5) is 0 Å². The van der Waals surface area contributed by atoms with Crippen LogP contribution in [-0.2, 0) is 4.79 Å². The summed E-state index contributed by atoms with van der Waals surface area (Å²) in [5.41, 5.74) is 2.42. The van der Waals surface area contributed by atoms with E-state index in [1.54, 1.807) is 0 Å². The van der Waals surface area contributed by atoms with Gasteiger partial charge in [-0.15, -0.1) is 0 Å². The average Bonchev–Trinajstić information content (AvgIpc) is 2.36. The van der Waals surface area contributed by atoms with E-state index in [-0.39, 0.29) is 5.97 Å². The van der Waals surface area contributed by atoms with E-state index in [0.29, 0.717) is 18.1 Å². The lowest BCUT2D eigenvalue weighted by Crippen LogP contribution is -2.29. The minimum absolute atomic E-state index is 0.164. The molecule has 2 aliphatic heterocycles. The Morgan fingerprint density at radius 2 is 2.28 bits per heavy atom. The number of hydrogen-bond donors (Lipinski definition) is 0. The van der Waals surface area contributed by atoms with Crippen molar-refractivity contribution in [1.82, 2.24) is 0 Å². The third-order valence-corrected chi connectivity index (χ3v) is 3.91. The molecule has 94 valence electrons. The van der Waals surface area contributed by atoms with Gasteiger partial charge in [0.25, 0.3) is 0 Å². The zero-order chi connectivity index (χ0) is 12.7. The summed E-state index contributed by atoms with van der Waals surface area (Å²) in [6, 6.07) is 4.12. The molecule has 0 radical (unpaired) electrons. The normalized spacial score (nSPS) is 21.8. The predicted octanol–water partition coefficient (Wildman–Crippen LogP) is 1.68. The van der Waals surface area contributed by atoms with E-state index < -0.39 is 0 Å². The molecule has 1 unspecified atom stereocenters. The average molecular weight is 243 g/mol. The second-order valence-corrected chi connectivity index (χ2v) is 5.11. The van der Waals surface area contributed by atoms with E-state index in [9.17, 15) is 4.79 Å². The largest absolute Gasteiger partial charge is 0.426 e. The van der Waals surface area contributed by atoms with Crippen LogP contribution in [0.5, 0.6) is 5.75 Å². The highest BCUT2D eigenvalue weighted by Crippen LogP contribution is 2.24. The fourth-order valence-corrected chi connectivity index (χ4v) is 2.86. The Kier molecular flexibility index (Phi) is 2.69. The van der Waals surface area contributed by atoms with Crippen molar-refractivity contribution in [3.8, 4) is 5.75 Å². The van der Waals surface area contributed by atoms with Gasteiger partial charge in [0.05, 0.1) is 11.8 Å². The molecule has 1 atom stereocenters. The van der Waals surface area contributed by atoms with Crippen LogP contribution in [0.15, 0.2) is 17.1 Å². The number of hydrogen-bond acceptors (Lipinski definition) is 3. The molecule has 0 spiro atoms. The summed E-state index contributed by atoms with van der Waals surface area (Å²) >= 11 is 0. The fourth-order valence-electron chi connectivity index (χ4n) is 2.86. The summed E-state index contributed by atoms with van der Waals surface area (Å²) in [6.07, 6.45) is 2.67. The maximum atomic E-state index is 11.5. The van der Waals surface area contributed by atoms with Crippen molar-refractivity contribution in [1.29, 1.82) is 0 Å². The standard InChI is InChI=1S/C15H17NO2/c1-3-10-4-5-16-13-8-14-11(7-12(10)13)9(2)6-15(17)18-14/h7-8,10H,3-6H2,1-2H3. The summed E-state index contributed by atoms with van der Waals surface area (Å²) in [5.74, 6) is 1.11. The molecule has 1 aromatic carbocycles. The van der Waals surface area contributed by atoms with Crippen LogP contribution in [0, 0.1) is 0 Å². The lowest BCUT2D eigenvalue weighted by Gasteiger charge is -2.21. The minimum Gasteiger partial charge on any atom is -0.426 e. The molecule has 18 heavy (non-hydrogen) atoms. The van der Waals surface area contributed by atoms with Crippen LogP contribution >= 0.6 is 0 Å². The van der Waals surface area contributed by atoms with Gasteiger partial charge < -0.3 is 4.74 Å². The lowest BCUT2D eigenvalue weighted by molar-refractivity contribution is -0.133. The molecule has 2 heterocycles. The Balaban J connectivity index is 2.27. The van der Waals surface area contributed by atoms with E-state index in [1.807, 2.05) is 13.0 Å². The first-order chi connectivity index (χ1) is 8.69. The van der Waals surface area contributed by atoms with E-state index in [0.717, 1.165) is 35.5 Å². The number of esters is 1. The van der Waals surface area contributed by atoms with Gasteiger partial charge in [-0.2, -0.15) is 0 Å². The minimum atomic E-state index is -0.164. The Morgan fingerprint density at radius 3 is 3.06 bits per heavy atom. The number of nitrogens with zero attached hydrogens (tertiary/aromatic N) is 1. The van der Waals surface area contributed by atoms with Crippen LogP contribution in [0.1, 0.15) is 44.6 Å². The van der Waals surface area contributed by atoms with Gasteiger partial charge in [-0.05, 0) is 37.3 Å². The third-order valence-electron chi connectivity index (χ3n) is 3.91. The highest BCUT2D eigenvalue weighted by atomic mass is 16.5. The fraction of sp³-hybridized carbons (Fsp3) is 0.467. The molecule has 2 aliphatic rings. The van der Waals surface area contributed by atoms with Gasteiger partial charge in [-0.3, -0.25) is 9.79 Å². The van der Waals surface area contributed by atoms with E-state index in [2.05, 4.69) is 18.0 Å². The number of ether oxygens (including phenoxy) is 1. The smallest absolute Gasteiger partial charge is 0.315 e. The molecule has 3 heteroatoms. The monoisotopic (exact) mass is 243 g/mol. The van der Waals surface area contributed by atoms with Gasteiger partial charge in [-0.25, -0.2) is 0 Å². The van der Waals surface area contributed by atoms with Crippen LogP contribution in [0.25, 0.3) is 5.57 Å². The summed E-state index contributed by atoms with van der Waals surface area (Å²) in [5, 5.41) is 2.10. The quantitative estimate of drug-likeness (QED) is 0.556. The maximum absolute atomic E-state index is 11.5. The first-order valence-corrected chi connectivity index (χ1v) is 6.58. The SMILES string of the molecule is CCC1CCN=c2cc3c(cc21)=C(C)CC(=O)O3. The molecule has 0 bridgehead atoms. The van der Waals surface area contributed by atoms with Crippen LogP contribution in [0.2, 0.25) is 0 Å². The number of carbonyl (C=O) groups is 1. The van der Waals surface area contributed by atoms with Crippen molar-refractivity contribution in [2.45, 2.75) is 39.0 Å². The summed E-state index contributed by atoms with van der Waals surface area (Å²) in [6.45, 7) is 5.10. The van der Waals surface area contributed by atoms with Gasteiger partial charge in [-0.1, -0.05) is 12.5 Å². The molecule has 0 fully saturated rings. The van der Waals surface area contributed by atoms with Crippen LogP contribution in [-0.4, -0.2) is 12.5 Å². The van der Waals surface area contributed by atoms with E-state index >= 15 is 0 Å². The number of carbonyl (C=O) groups excluding carboxylic acids is 1. The molecular weight excluding hydrogens is 226 g/mol. The Labute approximate surface area is 106 Å². The highest BCUT2D eigenvalue weighted by molar-refractivity contribution is 5.83. The number of rotatable bonds is 1. The molecule has 0 N–H and O–H groups in total. The number of fused-ring (bicyclic) bond motifs is 2. The topological polar surface area (TPSA) is 38.7 Å². The Bertz CT molecular complexity index is 631. The maximum Gasteiger partial charge on any atom is 0.315 e. The Hall–Kier alpha value is -1.64. The van der Waals surface area contributed by atoms with Crippen molar-refractivity contribution < 1.29 is 9.53 Å². The molecular formula is C15H17NO2. The van der Waals surface area contributed by atoms with Crippen LogP contribution < -0.4 is 15.3 Å². The summed E-state index contributed by atoms with van der Waals surface area (Å²) in [7, 11) is 0. The predicted molar refractivity (Wildman–Crippen MR) is 69.1 cm³/mol. The number of benzene rings is 1. The molecule has 3 nitrogen and oxygen atoms in total. The van der Waals surface area contributed by atoms with E-state index in [4.69, 9.17) is 4.74 Å². The van der Waals surface area contributed by atoms with Crippen molar-refractivity contribution in [2.24, 2.45) is 4.99 Å². The summed E-state index contributed by atoms with van der Waals surface area (Å²) in [4.78, 5) is 16.0. The molecule has 3 rings (SSSR count). The molecule has 0 aromatic heterocycles. The second-order valence-electron chi connectivity index (χ2n) is 5.11. The second kappa shape index (κ2) is 4.23. The zero-order valence-corrected chi connectivity index (χ0v) is 10.8. The molecule has 0 saturated heterocycles. The lowest BCUT2D eigenvalue weighted by atomic mass is 9.89. The van der Waals surface area contributed by atoms with Gasteiger partial charge >= 0.3 is 5.97 Å². The van der Waals surface area contributed by atoms with Gasteiger partial charge in [0.2, 0.25) is 0 Å². The van der Waals surface area contributed by atoms with Crippen LogP contribution in [0.3, 0.4) is 0 Å². The molecule has 0 amide bonds. The first kappa shape index (κ1) is 11.5. The summed E-state index contributed by atoms with van der Waals surface area (Å²) < 4.78 is 5.32. The van der Waals surface area contributed by atoms with Gasteiger partial charge in [0.15, 0.2) is 0 Å². The molecule has 1 aromatic rings. The zero-order valence-electron chi connectivity index (χ0n) is 10.8. The highest BCUT2D eigenvalue weighted by Gasteiger charge is 2.20. The third kappa shape index (κ3) is 1.74. The molecule has 0 aliphatic carbocycles. The van der Waals surface area contributed by atoms with Crippen molar-refractivity contribution in [2.75, 3.05) is 6.54 Å². The molecule has 0 saturated carbocycles. The van der Waals surface area contributed by atoms with Crippen molar-refractivity contribution >= 4 is 11.5 Å².